The Hall–Kier alpha value is -5.84. The van der Waals surface area contributed by atoms with Gasteiger partial charge in [-0.3, -0.25) is 5.32 Å². The molecule has 46 heavy (non-hydrogen) atoms. The highest BCUT2D eigenvalue weighted by molar-refractivity contribution is 6.15. The van der Waals surface area contributed by atoms with Crippen LogP contribution in [0.15, 0.2) is 156 Å². The first-order valence-electron chi connectivity index (χ1n) is 15.8. The van der Waals surface area contributed by atoms with Crippen molar-refractivity contribution in [3.05, 3.63) is 168 Å². The fourth-order valence-corrected chi connectivity index (χ4v) is 7.58. The molecule has 0 saturated heterocycles. The molecule has 2 N–H and O–H groups in total. The van der Waals surface area contributed by atoms with Crippen LogP contribution < -0.4 is 10.6 Å². The smallest absolute Gasteiger partial charge is 0.137 e. The van der Waals surface area contributed by atoms with Gasteiger partial charge in [0.05, 0.1) is 17.1 Å². The molecule has 218 valence electrons. The third-order valence-electron chi connectivity index (χ3n) is 9.66. The van der Waals surface area contributed by atoms with E-state index in [4.69, 9.17) is 4.42 Å². The molecule has 7 aromatic carbocycles. The lowest BCUT2D eigenvalue weighted by molar-refractivity contribution is 0.509. The SMILES string of the molecule is c1ccc(C2NC(c3cccc4c3c3cc5ccccc5cc3n4-c3ccc4c(c3)oc3ccccc34)Nc3ccccc32)cc1. The largest absolute Gasteiger partial charge is 0.456 e. The molecule has 1 aliphatic rings. The summed E-state index contributed by atoms with van der Waals surface area (Å²) in [6.07, 6.45) is -0.104. The Balaban J connectivity index is 1.23. The fourth-order valence-electron chi connectivity index (χ4n) is 7.58. The average Bonchev–Trinajstić information content (AvgIpc) is 3.65. The monoisotopic (exact) mass is 591 g/mol. The third kappa shape index (κ3) is 3.77. The number of anilines is 1. The van der Waals surface area contributed by atoms with Crippen molar-refractivity contribution in [2.45, 2.75) is 12.2 Å². The summed E-state index contributed by atoms with van der Waals surface area (Å²) < 4.78 is 8.76. The molecule has 0 spiro atoms. The summed E-state index contributed by atoms with van der Waals surface area (Å²) >= 11 is 0. The van der Waals surface area contributed by atoms with Gasteiger partial charge in [-0.1, -0.05) is 103 Å². The number of nitrogens with zero attached hydrogens (tertiary/aromatic N) is 1. The molecule has 10 rings (SSSR count). The van der Waals surface area contributed by atoms with Crippen molar-refractivity contribution >= 4 is 60.2 Å². The summed E-state index contributed by atoms with van der Waals surface area (Å²) in [5.41, 5.74) is 10.1. The van der Waals surface area contributed by atoms with Crippen molar-refractivity contribution in [2.75, 3.05) is 5.32 Å². The molecule has 1 aliphatic heterocycles. The fraction of sp³-hybridized carbons (Fsp3) is 0.0476. The Labute approximate surface area is 265 Å². The van der Waals surface area contributed by atoms with Gasteiger partial charge in [0.2, 0.25) is 0 Å². The first-order chi connectivity index (χ1) is 22.8. The van der Waals surface area contributed by atoms with Crippen LogP contribution >= 0.6 is 0 Å². The van der Waals surface area contributed by atoms with Crippen LogP contribution in [0.25, 0.3) is 60.2 Å². The van der Waals surface area contributed by atoms with E-state index in [2.05, 4.69) is 155 Å². The molecule has 2 aromatic heterocycles. The second-order valence-electron chi connectivity index (χ2n) is 12.2. The van der Waals surface area contributed by atoms with Gasteiger partial charge in [0.15, 0.2) is 0 Å². The van der Waals surface area contributed by atoms with Gasteiger partial charge in [-0.2, -0.15) is 0 Å². The second kappa shape index (κ2) is 9.83. The molecule has 2 atom stereocenters. The number of furan rings is 1. The molecule has 0 fully saturated rings. The summed E-state index contributed by atoms with van der Waals surface area (Å²) in [5, 5.41) is 15.0. The van der Waals surface area contributed by atoms with Crippen LogP contribution in [-0.2, 0) is 0 Å². The van der Waals surface area contributed by atoms with Crippen LogP contribution in [0.2, 0.25) is 0 Å². The Morgan fingerprint density at radius 2 is 1.26 bits per heavy atom. The van der Waals surface area contributed by atoms with E-state index in [9.17, 15) is 0 Å². The zero-order valence-electron chi connectivity index (χ0n) is 24.9. The van der Waals surface area contributed by atoms with Crippen LogP contribution in [0.4, 0.5) is 5.69 Å². The molecule has 0 bridgehead atoms. The summed E-state index contributed by atoms with van der Waals surface area (Å²) in [7, 11) is 0. The van der Waals surface area contributed by atoms with Crippen molar-refractivity contribution in [1.82, 2.24) is 9.88 Å². The number of aromatic nitrogens is 1. The standard InChI is InChI=1S/C42H29N3O/c1-2-11-26(12-3-1)41-32-16-6-8-18-35(32)43-42(44-41)33-17-10-19-36-40(33)34-23-27-13-4-5-14-28(27)24-37(34)45(36)29-21-22-31-30-15-7-9-20-38(30)46-39(31)25-29/h1-25,41-44H. The maximum absolute atomic E-state index is 6.36. The molecular weight excluding hydrogens is 562 g/mol. The predicted molar refractivity (Wildman–Crippen MR) is 190 cm³/mol. The Kier molecular flexibility index (Phi) is 5.45. The Morgan fingerprint density at radius 3 is 2.17 bits per heavy atom. The van der Waals surface area contributed by atoms with Crippen molar-refractivity contribution in [1.29, 1.82) is 0 Å². The maximum Gasteiger partial charge on any atom is 0.137 e. The van der Waals surface area contributed by atoms with Gasteiger partial charge in [-0.15, -0.1) is 0 Å². The van der Waals surface area contributed by atoms with E-state index in [-0.39, 0.29) is 12.2 Å². The van der Waals surface area contributed by atoms with Crippen LogP contribution in [0.3, 0.4) is 0 Å². The van der Waals surface area contributed by atoms with Gasteiger partial charge in [0.1, 0.15) is 17.3 Å². The highest BCUT2D eigenvalue weighted by atomic mass is 16.3. The van der Waals surface area contributed by atoms with E-state index in [1.807, 2.05) is 12.1 Å². The molecule has 0 aliphatic carbocycles. The number of fused-ring (bicyclic) bond motifs is 8. The zero-order valence-corrected chi connectivity index (χ0v) is 24.9. The normalized spacial score (nSPS) is 16.3. The van der Waals surface area contributed by atoms with Gasteiger partial charge < -0.3 is 14.3 Å². The van der Waals surface area contributed by atoms with E-state index in [0.717, 1.165) is 38.8 Å². The summed E-state index contributed by atoms with van der Waals surface area (Å²) in [4.78, 5) is 0. The third-order valence-corrected chi connectivity index (χ3v) is 9.66. The van der Waals surface area contributed by atoms with E-state index < -0.39 is 0 Å². The summed E-state index contributed by atoms with van der Waals surface area (Å²) in [6, 6.07) is 54.4. The minimum Gasteiger partial charge on any atom is -0.456 e. The van der Waals surface area contributed by atoms with E-state index in [0.29, 0.717) is 0 Å². The van der Waals surface area contributed by atoms with E-state index in [1.165, 1.54) is 43.8 Å². The lowest BCUT2D eigenvalue weighted by Gasteiger charge is -2.35. The van der Waals surface area contributed by atoms with Crippen molar-refractivity contribution in [2.24, 2.45) is 0 Å². The van der Waals surface area contributed by atoms with E-state index >= 15 is 0 Å². The number of para-hydroxylation sites is 2. The molecule has 9 aromatic rings. The van der Waals surface area contributed by atoms with Crippen molar-refractivity contribution < 1.29 is 4.42 Å². The highest BCUT2D eigenvalue weighted by Crippen LogP contribution is 2.43. The van der Waals surface area contributed by atoms with Gasteiger partial charge >= 0.3 is 0 Å². The number of rotatable bonds is 3. The number of nitrogens with one attached hydrogen (secondary N) is 2. The summed E-state index contributed by atoms with van der Waals surface area (Å²) in [6.45, 7) is 0. The van der Waals surface area contributed by atoms with E-state index in [1.54, 1.807) is 0 Å². The Morgan fingerprint density at radius 1 is 0.522 bits per heavy atom. The van der Waals surface area contributed by atoms with Crippen LogP contribution in [0.5, 0.6) is 0 Å². The molecule has 4 nitrogen and oxygen atoms in total. The molecular formula is C42H29N3O. The molecule has 4 heteroatoms. The number of hydrogen-bond acceptors (Lipinski definition) is 3. The molecule has 2 unspecified atom stereocenters. The Bertz CT molecular complexity index is 2610. The molecule has 3 heterocycles. The van der Waals surface area contributed by atoms with Crippen LogP contribution in [0.1, 0.15) is 28.9 Å². The topological polar surface area (TPSA) is 42.1 Å². The quantitative estimate of drug-likeness (QED) is 0.215. The van der Waals surface area contributed by atoms with Gasteiger partial charge in [0, 0.05) is 39.0 Å². The first kappa shape index (κ1) is 25.5. The van der Waals surface area contributed by atoms with Gasteiger partial charge in [-0.25, -0.2) is 0 Å². The lowest BCUT2D eigenvalue weighted by Crippen LogP contribution is -2.37. The molecule has 0 saturated carbocycles. The van der Waals surface area contributed by atoms with Gasteiger partial charge in [0.25, 0.3) is 0 Å². The molecule has 0 radical (unpaired) electrons. The first-order valence-corrected chi connectivity index (χ1v) is 15.8. The van der Waals surface area contributed by atoms with Crippen molar-refractivity contribution in [3.8, 4) is 5.69 Å². The number of hydrogen-bond donors (Lipinski definition) is 2. The average molecular weight is 592 g/mol. The highest BCUT2D eigenvalue weighted by Gasteiger charge is 2.30. The molecule has 0 amide bonds. The maximum atomic E-state index is 6.36. The lowest BCUT2D eigenvalue weighted by atomic mass is 9.92. The second-order valence-corrected chi connectivity index (χ2v) is 12.2. The van der Waals surface area contributed by atoms with Crippen molar-refractivity contribution in [3.63, 3.8) is 0 Å². The van der Waals surface area contributed by atoms with Crippen LogP contribution in [-0.4, -0.2) is 4.57 Å². The minimum absolute atomic E-state index is 0.0589. The predicted octanol–water partition coefficient (Wildman–Crippen LogP) is 10.6. The minimum atomic E-state index is -0.104. The zero-order chi connectivity index (χ0) is 30.2. The van der Waals surface area contributed by atoms with Crippen LogP contribution in [0, 0.1) is 0 Å². The summed E-state index contributed by atoms with van der Waals surface area (Å²) in [5.74, 6) is 0. The van der Waals surface area contributed by atoms with Gasteiger partial charge in [-0.05, 0) is 69.9 Å². The number of benzene rings is 7.